The van der Waals surface area contributed by atoms with E-state index < -0.39 is 0 Å². The van der Waals surface area contributed by atoms with Gasteiger partial charge in [0.2, 0.25) is 0 Å². The van der Waals surface area contributed by atoms with Gasteiger partial charge in [-0.1, -0.05) is 56.6 Å². The van der Waals surface area contributed by atoms with Crippen molar-refractivity contribution in [2.45, 2.75) is 40.0 Å². The molecule has 1 heterocycles. The molecule has 0 spiro atoms. The molecule has 0 amide bonds. The summed E-state index contributed by atoms with van der Waals surface area (Å²) in [6.07, 6.45) is 0.858. The van der Waals surface area contributed by atoms with Crippen molar-refractivity contribution in [3.63, 3.8) is 0 Å². The SMILES string of the molecule is CCc1c(C)nc(-c2ccc(C(C)C)cc2)nc1Cl. The molecule has 2 nitrogen and oxygen atoms in total. The van der Waals surface area contributed by atoms with Crippen LogP contribution < -0.4 is 0 Å². The van der Waals surface area contributed by atoms with Gasteiger partial charge in [-0.3, -0.25) is 0 Å². The second-order valence-corrected chi connectivity index (χ2v) is 5.39. The molecule has 0 N–H and O–H groups in total. The fourth-order valence-corrected chi connectivity index (χ4v) is 2.46. The van der Waals surface area contributed by atoms with Gasteiger partial charge in [0.15, 0.2) is 5.82 Å². The first-order chi connectivity index (χ1) is 9.02. The second-order valence-electron chi connectivity index (χ2n) is 5.03. The summed E-state index contributed by atoms with van der Waals surface area (Å²) >= 11 is 6.22. The molecule has 0 aliphatic heterocycles. The van der Waals surface area contributed by atoms with E-state index in [4.69, 9.17) is 11.6 Å². The van der Waals surface area contributed by atoms with Gasteiger partial charge in [0, 0.05) is 16.8 Å². The minimum absolute atomic E-state index is 0.530. The van der Waals surface area contributed by atoms with Crippen LogP contribution in [0.25, 0.3) is 11.4 Å². The predicted molar refractivity (Wildman–Crippen MR) is 80.7 cm³/mol. The lowest BCUT2D eigenvalue weighted by molar-refractivity contribution is 0.866. The van der Waals surface area contributed by atoms with Crippen LogP contribution in [0.15, 0.2) is 24.3 Å². The zero-order valence-electron chi connectivity index (χ0n) is 11.9. The van der Waals surface area contributed by atoms with Crippen molar-refractivity contribution in [2.75, 3.05) is 0 Å². The molecule has 0 unspecified atom stereocenters. The molecule has 1 aromatic heterocycles. The third-order valence-electron chi connectivity index (χ3n) is 3.35. The van der Waals surface area contributed by atoms with E-state index in [9.17, 15) is 0 Å². The van der Waals surface area contributed by atoms with E-state index in [1.807, 2.05) is 6.92 Å². The normalized spacial score (nSPS) is 11.1. The Balaban J connectivity index is 2.42. The first-order valence-electron chi connectivity index (χ1n) is 6.66. The molecule has 0 radical (unpaired) electrons. The number of nitrogens with zero attached hydrogens (tertiary/aromatic N) is 2. The molecule has 0 aliphatic rings. The van der Waals surface area contributed by atoms with E-state index in [0.717, 1.165) is 23.2 Å². The van der Waals surface area contributed by atoms with E-state index in [2.05, 4.69) is 55.0 Å². The van der Waals surface area contributed by atoms with Crippen molar-refractivity contribution in [2.24, 2.45) is 0 Å². The quantitative estimate of drug-likeness (QED) is 0.752. The number of hydrogen-bond donors (Lipinski definition) is 0. The summed E-state index contributed by atoms with van der Waals surface area (Å²) < 4.78 is 0. The summed E-state index contributed by atoms with van der Waals surface area (Å²) in [6.45, 7) is 8.41. The van der Waals surface area contributed by atoms with Crippen LogP contribution in [0.2, 0.25) is 5.15 Å². The molecule has 19 heavy (non-hydrogen) atoms. The molecule has 0 atom stereocenters. The lowest BCUT2D eigenvalue weighted by atomic mass is 10.0. The standard InChI is InChI=1S/C16H19ClN2/c1-5-14-11(4)18-16(19-15(14)17)13-8-6-12(7-9-13)10(2)3/h6-10H,5H2,1-4H3. The van der Waals surface area contributed by atoms with E-state index in [0.29, 0.717) is 16.9 Å². The first-order valence-corrected chi connectivity index (χ1v) is 7.04. The van der Waals surface area contributed by atoms with Crippen LogP contribution in [-0.2, 0) is 6.42 Å². The average molecular weight is 275 g/mol. The minimum atomic E-state index is 0.530. The van der Waals surface area contributed by atoms with Crippen LogP contribution >= 0.6 is 11.6 Å². The monoisotopic (exact) mass is 274 g/mol. The Morgan fingerprint density at radius 2 is 1.74 bits per heavy atom. The summed E-state index contributed by atoms with van der Waals surface area (Å²) in [5.74, 6) is 1.23. The summed E-state index contributed by atoms with van der Waals surface area (Å²) in [5.41, 5.74) is 4.32. The molecule has 1 aromatic carbocycles. The summed E-state index contributed by atoms with van der Waals surface area (Å²) in [5, 5.41) is 0.568. The lowest BCUT2D eigenvalue weighted by Crippen LogP contribution is -1.99. The van der Waals surface area contributed by atoms with Gasteiger partial charge < -0.3 is 0 Å². The number of hydrogen-bond acceptors (Lipinski definition) is 2. The number of benzene rings is 1. The fraction of sp³-hybridized carbons (Fsp3) is 0.375. The van der Waals surface area contributed by atoms with Crippen LogP contribution in [0, 0.1) is 6.92 Å². The summed E-state index contributed by atoms with van der Waals surface area (Å²) in [6, 6.07) is 8.37. The molecule has 2 rings (SSSR count). The van der Waals surface area contributed by atoms with Crippen molar-refractivity contribution in [3.8, 4) is 11.4 Å². The maximum Gasteiger partial charge on any atom is 0.161 e. The summed E-state index contributed by atoms with van der Waals surface area (Å²) in [4.78, 5) is 8.96. The molecule has 3 heteroatoms. The van der Waals surface area contributed by atoms with Gasteiger partial charge in [-0.2, -0.15) is 0 Å². The third kappa shape index (κ3) is 2.95. The van der Waals surface area contributed by atoms with Crippen molar-refractivity contribution < 1.29 is 0 Å². The molecular formula is C16H19ClN2. The molecule has 0 fully saturated rings. The van der Waals surface area contributed by atoms with Gasteiger partial charge in [0.1, 0.15) is 5.15 Å². The Bertz CT molecular complexity index is 551. The van der Waals surface area contributed by atoms with E-state index in [1.54, 1.807) is 0 Å². The maximum absolute atomic E-state index is 6.22. The highest BCUT2D eigenvalue weighted by Gasteiger charge is 2.10. The topological polar surface area (TPSA) is 25.8 Å². The zero-order chi connectivity index (χ0) is 14.0. The van der Waals surface area contributed by atoms with Gasteiger partial charge in [-0.25, -0.2) is 9.97 Å². The second kappa shape index (κ2) is 5.70. The smallest absolute Gasteiger partial charge is 0.161 e. The summed E-state index contributed by atoms with van der Waals surface area (Å²) in [7, 11) is 0. The molecule has 0 saturated carbocycles. The minimum Gasteiger partial charge on any atom is -0.233 e. The van der Waals surface area contributed by atoms with Crippen LogP contribution in [-0.4, -0.2) is 9.97 Å². The van der Waals surface area contributed by atoms with Gasteiger partial charge in [-0.15, -0.1) is 0 Å². The van der Waals surface area contributed by atoms with Crippen LogP contribution in [0.3, 0.4) is 0 Å². The average Bonchev–Trinajstić information content (AvgIpc) is 2.38. The van der Waals surface area contributed by atoms with Crippen molar-refractivity contribution >= 4 is 11.6 Å². The van der Waals surface area contributed by atoms with Crippen LogP contribution in [0.1, 0.15) is 43.5 Å². The van der Waals surface area contributed by atoms with Gasteiger partial charge >= 0.3 is 0 Å². The van der Waals surface area contributed by atoms with Crippen molar-refractivity contribution in [1.82, 2.24) is 9.97 Å². The number of rotatable bonds is 3. The fourth-order valence-electron chi connectivity index (χ4n) is 2.11. The lowest BCUT2D eigenvalue weighted by Gasteiger charge is -2.09. The maximum atomic E-state index is 6.22. The largest absolute Gasteiger partial charge is 0.233 e. The highest BCUT2D eigenvalue weighted by molar-refractivity contribution is 6.30. The number of halogens is 1. The van der Waals surface area contributed by atoms with Crippen molar-refractivity contribution in [1.29, 1.82) is 0 Å². The molecule has 2 aromatic rings. The third-order valence-corrected chi connectivity index (χ3v) is 3.67. The highest BCUT2D eigenvalue weighted by atomic mass is 35.5. The molecule has 0 aliphatic carbocycles. The van der Waals surface area contributed by atoms with E-state index in [-0.39, 0.29) is 0 Å². The highest BCUT2D eigenvalue weighted by Crippen LogP contribution is 2.24. The zero-order valence-corrected chi connectivity index (χ0v) is 12.6. The van der Waals surface area contributed by atoms with Gasteiger partial charge in [0.25, 0.3) is 0 Å². The molecule has 100 valence electrons. The van der Waals surface area contributed by atoms with E-state index in [1.165, 1.54) is 5.56 Å². The van der Waals surface area contributed by atoms with Crippen molar-refractivity contribution in [3.05, 3.63) is 46.2 Å². The predicted octanol–water partition coefficient (Wildman–Crippen LogP) is 4.79. The Hall–Kier alpha value is -1.41. The molecule has 0 saturated heterocycles. The molecule has 0 bridgehead atoms. The molecular weight excluding hydrogens is 256 g/mol. The Morgan fingerprint density at radius 3 is 2.21 bits per heavy atom. The Labute approximate surface area is 119 Å². The van der Waals surface area contributed by atoms with Gasteiger partial charge in [-0.05, 0) is 24.8 Å². The van der Waals surface area contributed by atoms with Crippen LogP contribution in [0.4, 0.5) is 0 Å². The van der Waals surface area contributed by atoms with Gasteiger partial charge in [0.05, 0.1) is 0 Å². The first kappa shape index (κ1) is 14.0. The number of aryl methyl sites for hydroxylation is 1. The Kier molecular flexibility index (Phi) is 4.20. The van der Waals surface area contributed by atoms with Crippen LogP contribution in [0.5, 0.6) is 0 Å². The Morgan fingerprint density at radius 1 is 1.11 bits per heavy atom. The van der Waals surface area contributed by atoms with E-state index >= 15 is 0 Å². The number of aromatic nitrogens is 2.